The Bertz CT molecular complexity index is 867. The number of rotatable bonds is 2. The summed E-state index contributed by atoms with van der Waals surface area (Å²) in [5.74, 6) is -1.05. The average molecular weight is 416 g/mol. The second-order valence-electron chi connectivity index (χ2n) is 6.80. The van der Waals surface area contributed by atoms with Gasteiger partial charge in [-0.2, -0.15) is 23.3 Å². The molecule has 1 aromatic heterocycles. The largest absolute Gasteiger partial charge is 0.439 e. The van der Waals surface area contributed by atoms with Gasteiger partial charge in [0.15, 0.2) is 0 Å². The molecule has 0 radical (unpaired) electrons. The van der Waals surface area contributed by atoms with E-state index in [1.807, 2.05) is 0 Å². The Morgan fingerprint density at radius 1 is 1.19 bits per heavy atom. The molecule has 0 unspecified atom stereocenters. The Labute approximate surface area is 163 Å². The first-order chi connectivity index (χ1) is 12.8. The molecular weight excluding hydrogens is 399 g/mol. The van der Waals surface area contributed by atoms with Gasteiger partial charge >= 0.3 is 6.18 Å². The fraction of sp³-hybridized carbons (Fsp3) is 0.444. The molecule has 1 aliphatic heterocycles. The maximum atomic E-state index is 14.0. The van der Waals surface area contributed by atoms with E-state index in [-0.39, 0.29) is 11.6 Å². The van der Waals surface area contributed by atoms with Crippen molar-refractivity contribution in [2.45, 2.75) is 44.0 Å². The Morgan fingerprint density at radius 3 is 2.63 bits per heavy atom. The standard InChI is InChI=1S/C18H17ClF3N3OS/c19-12-8-6-11(7-9-12)15-10-27-16(23-15)25-17(26,18(20,21)22)13-4-2-1-3-5-14(13)24-25/h6-10,13,26H,1-5H2/t13-,17+/m1/s1. The van der Waals surface area contributed by atoms with E-state index < -0.39 is 17.8 Å². The van der Waals surface area contributed by atoms with Crippen LogP contribution < -0.4 is 5.01 Å². The van der Waals surface area contributed by atoms with Crippen LogP contribution in [0.5, 0.6) is 0 Å². The topological polar surface area (TPSA) is 48.7 Å². The average Bonchev–Trinajstić information content (AvgIpc) is 3.11. The molecular formula is C18H17ClF3N3OS. The van der Waals surface area contributed by atoms with Crippen LogP contribution in [0.1, 0.15) is 32.1 Å². The van der Waals surface area contributed by atoms with Gasteiger partial charge in [-0.1, -0.05) is 36.6 Å². The Morgan fingerprint density at radius 2 is 1.93 bits per heavy atom. The molecule has 2 aromatic rings. The third kappa shape index (κ3) is 3.13. The van der Waals surface area contributed by atoms with Gasteiger partial charge in [0.2, 0.25) is 5.13 Å². The van der Waals surface area contributed by atoms with Crippen LogP contribution in [0.3, 0.4) is 0 Å². The number of hydrazone groups is 1. The molecule has 9 heteroatoms. The summed E-state index contributed by atoms with van der Waals surface area (Å²) in [6.07, 6.45) is -1.84. The number of anilines is 1. The molecule has 27 heavy (non-hydrogen) atoms. The van der Waals surface area contributed by atoms with E-state index in [1.165, 1.54) is 0 Å². The number of fused-ring (bicyclic) bond motifs is 1. The number of aliphatic hydroxyl groups is 1. The fourth-order valence-corrected chi connectivity index (χ4v) is 4.66. The van der Waals surface area contributed by atoms with Gasteiger partial charge in [-0.25, -0.2) is 4.98 Å². The van der Waals surface area contributed by atoms with Gasteiger partial charge in [0.05, 0.1) is 11.6 Å². The van der Waals surface area contributed by atoms with Crippen LogP contribution in [0.25, 0.3) is 11.3 Å². The van der Waals surface area contributed by atoms with E-state index in [1.54, 1.807) is 29.6 Å². The maximum absolute atomic E-state index is 14.0. The zero-order chi connectivity index (χ0) is 19.2. The third-order valence-electron chi connectivity index (χ3n) is 5.10. The molecule has 1 aliphatic carbocycles. The van der Waals surface area contributed by atoms with E-state index in [4.69, 9.17) is 11.6 Å². The molecule has 0 amide bonds. The summed E-state index contributed by atoms with van der Waals surface area (Å²) in [7, 11) is 0. The van der Waals surface area contributed by atoms with Crippen LogP contribution in [-0.4, -0.2) is 27.7 Å². The zero-order valence-electron chi connectivity index (χ0n) is 14.2. The molecule has 1 aromatic carbocycles. The normalized spacial score (nSPS) is 25.9. The molecule has 2 aliphatic rings. The van der Waals surface area contributed by atoms with E-state index in [0.29, 0.717) is 34.3 Å². The molecule has 1 saturated carbocycles. The number of thiazole rings is 1. The minimum absolute atomic E-state index is 0.0281. The zero-order valence-corrected chi connectivity index (χ0v) is 15.8. The van der Waals surface area contributed by atoms with Gasteiger partial charge in [0, 0.05) is 21.7 Å². The van der Waals surface area contributed by atoms with Gasteiger partial charge in [0.25, 0.3) is 5.72 Å². The number of halogens is 4. The Balaban J connectivity index is 1.74. The van der Waals surface area contributed by atoms with Crippen molar-refractivity contribution in [1.82, 2.24) is 4.98 Å². The first-order valence-corrected chi connectivity index (χ1v) is 9.94. The molecule has 0 saturated heterocycles. The van der Waals surface area contributed by atoms with Crippen LogP contribution in [0, 0.1) is 5.92 Å². The van der Waals surface area contributed by atoms with Crippen LogP contribution in [0.15, 0.2) is 34.7 Å². The van der Waals surface area contributed by atoms with Gasteiger partial charge in [-0.05, 0) is 31.4 Å². The molecule has 0 bridgehead atoms. The minimum Gasteiger partial charge on any atom is -0.362 e. The summed E-state index contributed by atoms with van der Waals surface area (Å²) < 4.78 is 41.9. The Hall–Kier alpha value is -1.64. The van der Waals surface area contributed by atoms with Crippen LogP contribution >= 0.6 is 22.9 Å². The van der Waals surface area contributed by atoms with Gasteiger partial charge < -0.3 is 5.11 Å². The van der Waals surface area contributed by atoms with Crippen molar-refractivity contribution in [3.63, 3.8) is 0 Å². The first kappa shape index (κ1) is 18.7. The van der Waals surface area contributed by atoms with Crippen molar-refractivity contribution in [2.75, 3.05) is 5.01 Å². The van der Waals surface area contributed by atoms with E-state index in [9.17, 15) is 18.3 Å². The molecule has 144 valence electrons. The highest BCUT2D eigenvalue weighted by molar-refractivity contribution is 7.14. The third-order valence-corrected chi connectivity index (χ3v) is 6.16. The lowest BCUT2D eigenvalue weighted by molar-refractivity contribution is -0.268. The summed E-state index contributed by atoms with van der Waals surface area (Å²) in [6, 6.07) is 6.88. The predicted molar refractivity (Wildman–Crippen MR) is 100 cm³/mol. The van der Waals surface area contributed by atoms with Crippen molar-refractivity contribution in [3.05, 3.63) is 34.7 Å². The quantitative estimate of drug-likeness (QED) is 0.707. The molecule has 0 spiro atoms. The Kier molecular flexibility index (Phi) is 4.68. The van der Waals surface area contributed by atoms with Crippen LogP contribution in [0.4, 0.5) is 18.3 Å². The predicted octanol–water partition coefficient (Wildman–Crippen LogP) is 5.47. The molecule has 4 rings (SSSR count). The van der Waals surface area contributed by atoms with Crippen molar-refractivity contribution in [3.8, 4) is 11.3 Å². The van der Waals surface area contributed by atoms with Crippen molar-refractivity contribution in [2.24, 2.45) is 11.0 Å². The van der Waals surface area contributed by atoms with E-state index in [2.05, 4.69) is 10.1 Å². The van der Waals surface area contributed by atoms with Crippen LogP contribution in [0.2, 0.25) is 5.02 Å². The van der Waals surface area contributed by atoms with E-state index in [0.717, 1.165) is 29.7 Å². The van der Waals surface area contributed by atoms with Gasteiger partial charge in [0.1, 0.15) is 0 Å². The summed E-state index contributed by atoms with van der Waals surface area (Å²) in [6.45, 7) is 0. The number of hydrogen-bond donors (Lipinski definition) is 1. The highest BCUT2D eigenvalue weighted by Gasteiger charge is 2.67. The summed E-state index contributed by atoms with van der Waals surface area (Å²) in [4.78, 5) is 4.32. The van der Waals surface area contributed by atoms with Crippen molar-refractivity contribution in [1.29, 1.82) is 0 Å². The summed E-state index contributed by atoms with van der Waals surface area (Å²) >= 11 is 6.91. The van der Waals surface area contributed by atoms with Crippen molar-refractivity contribution >= 4 is 33.8 Å². The molecule has 1 N–H and O–H groups in total. The molecule has 2 atom stereocenters. The fourth-order valence-electron chi connectivity index (χ4n) is 3.70. The number of nitrogens with zero attached hydrogens (tertiary/aromatic N) is 3. The number of alkyl halides is 3. The maximum Gasteiger partial charge on any atom is 0.439 e. The van der Waals surface area contributed by atoms with Gasteiger partial charge in [-0.3, -0.25) is 0 Å². The highest BCUT2D eigenvalue weighted by Crippen LogP contribution is 2.50. The van der Waals surface area contributed by atoms with Crippen molar-refractivity contribution < 1.29 is 18.3 Å². The monoisotopic (exact) mass is 415 g/mol. The molecule has 2 heterocycles. The highest BCUT2D eigenvalue weighted by atomic mass is 35.5. The number of hydrogen-bond acceptors (Lipinski definition) is 5. The first-order valence-electron chi connectivity index (χ1n) is 8.69. The summed E-state index contributed by atoms with van der Waals surface area (Å²) in [5, 5.41) is 17.9. The lowest BCUT2D eigenvalue weighted by Gasteiger charge is -2.37. The molecule has 4 nitrogen and oxygen atoms in total. The summed E-state index contributed by atoms with van der Waals surface area (Å²) in [5.41, 5.74) is -1.39. The number of benzene rings is 1. The second kappa shape index (κ2) is 6.76. The lowest BCUT2D eigenvalue weighted by atomic mass is 9.87. The van der Waals surface area contributed by atoms with E-state index >= 15 is 0 Å². The smallest absolute Gasteiger partial charge is 0.362 e. The molecule has 1 fully saturated rings. The van der Waals surface area contributed by atoms with Gasteiger partial charge in [-0.15, -0.1) is 11.3 Å². The van der Waals surface area contributed by atoms with Crippen LogP contribution in [-0.2, 0) is 0 Å². The number of aromatic nitrogens is 1. The SMILES string of the molecule is O[C@]1(C(F)(F)F)[C@@H]2CCCCCC2=NN1c1nc(-c2ccc(Cl)cc2)cs1. The lowest BCUT2D eigenvalue weighted by Crippen LogP contribution is -2.60. The minimum atomic E-state index is -4.85. The second-order valence-corrected chi connectivity index (χ2v) is 8.07.